The molecule has 1 aliphatic carbocycles. The van der Waals surface area contributed by atoms with Gasteiger partial charge in [-0.1, -0.05) is 0 Å². The van der Waals surface area contributed by atoms with E-state index in [0.29, 0.717) is 39.3 Å². The largest absolute Gasteiger partial charge is 0.387 e. The molecule has 0 radical (unpaired) electrons. The topological polar surface area (TPSA) is 57.2 Å². The fourth-order valence-electron chi connectivity index (χ4n) is 2.94. The minimum Gasteiger partial charge on any atom is -0.387 e. The van der Waals surface area contributed by atoms with Crippen molar-refractivity contribution in [3.8, 4) is 0 Å². The molecule has 0 aromatic rings. The molecule has 3 aliphatic rings. The zero-order chi connectivity index (χ0) is 12.5. The highest BCUT2D eigenvalue weighted by Gasteiger charge is 2.45. The van der Waals surface area contributed by atoms with Gasteiger partial charge < -0.3 is 24.1 Å². The first-order valence-corrected chi connectivity index (χ1v) is 6.90. The second kappa shape index (κ2) is 5.06. The van der Waals surface area contributed by atoms with Gasteiger partial charge in [0.1, 0.15) is 0 Å². The molecular formula is C13H22O5. The van der Waals surface area contributed by atoms with Crippen LogP contribution < -0.4 is 0 Å². The molecule has 0 aromatic carbocycles. The van der Waals surface area contributed by atoms with E-state index in [4.69, 9.17) is 18.9 Å². The lowest BCUT2D eigenvalue weighted by Gasteiger charge is -2.40. The fraction of sp³-hybridized carbons (Fsp3) is 1.00. The molecule has 1 N–H and O–H groups in total. The van der Waals surface area contributed by atoms with Crippen LogP contribution in [0, 0.1) is 0 Å². The monoisotopic (exact) mass is 258 g/mol. The van der Waals surface area contributed by atoms with Gasteiger partial charge in [0, 0.05) is 19.4 Å². The Bertz CT molecular complexity index is 266. The van der Waals surface area contributed by atoms with Crippen molar-refractivity contribution in [2.45, 2.75) is 49.6 Å². The van der Waals surface area contributed by atoms with Crippen LogP contribution in [0.25, 0.3) is 0 Å². The Balaban J connectivity index is 1.47. The van der Waals surface area contributed by atoms with Crippen LogP contribution in [0.15, 0.2) is 0 Å². The average Bonchev–Trinajstić information content (AvgIpc) is 3.04. The van der Waals surface area contributed by atoms with Crippen molar-refractivity contribution in [1.29, 1.82) is 0 Å². The van der Waals surface area contributed by atoms with Crippen molar-refractivity contribution in [1.82, 2.24) is 0 Å². The molecule has 0 unspecified atom stereocenters. The van der Waals surface area contributed by atoms with Crippen LogP contribution in [-0.4, -0.2) is 55.6 Å². The highest BCUT2D eigenvalue weighted by Crippen LogP contribution is 2.40. The Hall–Kier alpha value is -0.200. The van der Waals surface area contributed by atoms with Crippen molar-refractivity contribution in [2.24, 2.45) is 0 Å². The number of hydrogen-bond acceptors (Lipinski definition) is 5. The maximum atomic E-state index is 10.5. The predicted molar refractivity (Wildman–Crippen MR) is 63.2 cm³/mol. The zero-order valence-corrected chi connectivity index (χ0v) is 10.7. The Labute approximate surface area is 107 Å². The predicted octanol–water partition coefficient (Wildman–Crippen LogP) is 0.840. The first kappa shape index (κ1) is 12.8. The SMILES string of the molecule is OC1(CO[C@H]2CCOC2)CCC2(CC1)OCCO2. The van der Waals surface area contributed by atoms with E-state index in [1.807, 2.05) is 0 Å². The first-order valence-electron chi connectivity index (χ1n) is 6.90. The van der Waals surface area contributed by atoms with Crippen molar-refractivity contribution in [2.75, 3.05) is 33.0 Å². The third-order valence-electron chi connectivity index (χ3n) is 4.23. The minimum absolute atomic E-state index is 0.156. The van der Waals surface area contributed by atoms with E-state index in [-0.39, 0.29) is 6.10 Å². The number of aliphatic hydroxyl groups is 1. The average molecular weight is 258 g/mol. The molecule has 5 nitrogen and oxygen atoms in total. The molecule has 0 amide bonds. The molecule has 0 aromatic heterocycles. The van der Waals surface area contributed by atoms with E-state index in [9.17, 15) is 5.11 Å². The van der Waals surface area contributed by atoms with Crippen LogP contribution in [0.3, 0.4) is 0 Å². The normalized spacial score (nSPS) is 34.2. The molecule has 3 rings (SSSR count). The van der Waals surface area contributed by atoms with Gasteiger partial charge in [0.2, 0.25) is 0 Å². The van der Waals surface area contributed by atoms with Gasteiger partial charge in [-0.2, -0.15) is 0 Å². The third kappa shape index (κ3) is 2.70. The van der Waals surface area contributed by atoms with Gasteiger partial charge >= 0.3 is 0 Å². The molecule has 1 saturated carbocycles. The number of rotatable bonds is 3. The lowest BCUT2D eigenvalue weighted by molar-refractivity contribution is -0.211. The zero-order valence-electron chi connectivity index (χ0n) is 10.7. The molecular weight excluding hydrogens is 236 g/mol. The van der Waals surface area contributed by atoms with Gasteiger partial charge in [-0.05, 0) is 19.3 Å². The smallest absolute Gasteiger partial charge is 0.168 e. The second-order valence-corrected chi connectivity index (χ2v) is 5.63. The van der Waals surface area contributed by atoms with E-state index in [1.165, 1.54) is 0 Å². The summed E-state index contributed by atoms with van der Waals surface area (Å²) in [6, 6.07) is 0. The van der Waals surface area contributed by atoms with E-state index < -0.39 is 11.4 Å². The van der Waals surface area contributed by atoms with Gasteiger partial charge in [0.15, 0.2) is 5.79 Å². The Kier molecular flexibility index (Phi) is 3.60. The van der Waals surface area contributed by atoms with Crippen molar-refractivity contribution in [3.05, 3.63) is 0 Å². The van der Waals surface area contributed by atoms with Crippen molar-refractivity contribution < 1.29 is 24.1 Å². The van der Waals surface area contributed by atoms with E-state index in [0.717, 1.165) is 25.9 Å². The van der Waals surface area contributed by atoms with Gasteiger partial charge in [-0.3, -0.25) is 0 Å². The van der Waals surface area contributed by atoms with Crippen LogP contribution in [0.1, 0.15) is 32.1 Å². The van der Waals surface area contributed by atoms with E-state index >= 15 is 0 Å². The first-order chi connectivity index (χ1) is 8.70. The summed E-state index contributed by atoms with van der Waals surface area (Å²) in [6.45, 7) is 3.18. The summed E-state index contributed by atoms with van der Waals surface area (Å²) in [4.78, 5) is 0. The molecule has 18 heavy (non-hydrogen) atoms. The molecule has 2 heterocycles. The van der Waals surface area contributed by atoms with Gasteiger partial charge in [-0.15, -0.1) is 0 Å². The quantitative estimate of drug-likeness (QED) is 0.813. The summed E-state index contributed by atoms with van der Waals surface area (Å²) in [5, 5.41) is 10.5. The molecule has 104 valence electrons. The maximum absolute atomic E-state index is 10.5. The van der Waals surface area contributed by atoms with Gasteiger partial charge in [0.25, 0.3) is 0 Å². The highest BCUT2D eigenvalue weighted by atomic mass is 16.7. The molecule has 2 aliphatic heterocycles. The molecule has 0 bridgehead atoms. The Morgan fingerprint density at radius 2 is 1.78 bits per heavy atom. The summed E-state index contributed by atoms with van der Waals surface area (Å²) in [5.41, 5.74) is -0.719. The lowest BCUT2D eigenvalue weighted by atomic mass is 9.82. The van der Waals surface area contributed by atoms with Crippen LogP contribution in [-0.2, 0) is 18.9 Å². The molecule has 5 heteroatoms. The Morgan fingerprint density at radius 1 is 1.06 bits per heavy atom. The summed E-state index contributed by atoms with van der Waals surface area (Å²) in [7, 11) is 0. The number of hydrogen-bond donors (Lipinski definition) is 1. The third-order valence-corrected chi connectivity index (χ3v) is 4.23. The van der Waals surface area contributed by atoms with Gasteiger partial charge in [-0.25, -0.2) is 0 Å². The van der Waals surface area contributed by atoms with E-state index in [2.05, 4.69) is 0 Å². The Morgan fingerprint density at radius 3 is 2.39 bits per heavy atom. The highest BCUT2D eigenvalue weighted by molar-refractivity contribution is 4.91. The summed E-state index contributed by atoms with van der Waals surface area (Å²) >= 11 is 0. The van der Waals surface area contributed by atoms with Crippen LogP contribution in [0.2, 0.25) is 0 Å². The molecule has 1 atom stereocenters. The standard InChI is InChI=1S/C13H22O5/c14-12(10-16-11-1-6-15-9-11)2-4-13(5-3-12)17-7-8-18-13/h11,14H,1-10H2/t11-/m0/s1. The molecule has 3 fully saturated rings. The summed E-state index contributed by atoms with van der Waals surface area (Å²) in [5.74, 6) is -0.414. The van der Waals surface area contributed by atoms with Crippen LogP contribution in [0.5, 0.6) is 0 Å². The van der Waals surface area contributed by atoms with Crippen molar-refractivity contribution in [3.63, 3.8) is 0 Å². The van der Waals surface area contributed by atoms with Gasteiger partial charge in [0.05, 0.1) is 38.1 Å². The number of ether oxygens (including phenoxy) is 4. The molecule has 2 saturated heterocycles. The minimum atomic E-state index is -0.719. The summed E-state index contributed by atoms with van der Waals surface area (Å²) < 4.78 is 22.3. The van der Waals surface area contributed by atoms with Crippen LogP contribution in [0.4, 0.5) is 0 Å². The summed E-state index contributed by atoms with van der Waals surface area (Å²) in [6.07, 6.45) is 3.97. The molecule has 1 spiro atoms. The second-order valence-electron chi connectivity index (χ2n) is 5.63. The lowest BCUT2D eigenvalue weighted by Crippen LogP contribution is -2.46. The van der Waals surface area contributed by atoms with Crippen molar-refractivity contribution >= 4 is 0 Å². The maximum Gasteiger partial charge on any atom is 0.168 e. The fourth-order valence-corrected chi connectivity index (χ4v) is 2.94. The van der Waals surface area contributed by atoms with E-state index in [1.54, 1.807) is 0 Å². The van der Waals surface area contributed by atoms with Crippen LogP contribution >= 0.6 is 0 Å².